The van der Waals surface area contributed by atoms with Gasteiger partial charge in [-0.25, -0.2) is 4.79 Å². The van der Waals surface area contributed by atoms with Gasteiger partial charge in [0.25, 0.3) is 17.7 Å². The van der Waals surface area contributed by atoms with Gasteiger partial charge >= 0.3 is 5.97 Å². The van der Waals surface area contributed by atoms with Crippen molar-refractivity contribution in [3.8, 4) is 0 Å². The first kappa shape index (κ1) is 32.7. The lowest BCUT2D eigenvalue weighted by Gasteiger charge is -2.07. The van der Waals surface area contributed by atoms with Crippen molar-refractivity contribution >= 4 is 46.5 Å². The van der Waals surface area contributed by atoms with Crippen LogP contribution >= 0.6 is 0 Å². The molecule has 0 saturated heterocycles. The second-order valence-corrected chi connectivity index (χ2v) is 7.33. The summed E-state index contributed by atoms with van der Waals surface area (Å²) in [5.41, 5.74) is 7.05. The van der Waals surface area contributed by atoms with Crippen LogP contribution in [0.5, 0.6) is 0 Å². The fraction of sp³-hybridized carbons (Fsp3) is 0.600. The molecule has 0 aromatic rings. The average molecular weight is 531 g/mol. The highest BCUT2D eigenvalue weighted by molar-refractivity contribution is 5.90. The molecule has 6 N–H and O–H groups in total. The van der Waals surface area contributed by atoms with Gasteiger partial charge in [-0.15, -0.1) is 0 Å². The quantitative estimate of drug-likeness (QED) is 0.0904. The molecule has 0 aromatic heterocycles. The molecule has 0 unspecified atom stereocenters. The first-order valence-corrected chi connectivity index (χ1v) is 10.9. The second kappa shape index (κ2) is 20.0. The Bertz CT molecular complexity index is 887. The van der Waals surface area contributed by atoms with E-state index in [0.717, 1.165) is 0 Å². The van der Waals surface area contributed by atoms with E-state index in [0.29, 0.717) is 22.8 Å². The average Bonchev–Trinajstić information content (AvgIpc) is 2.84. The first-order valence-electron chi connectivity index (χ1n) is 10.9. The molecule has 0 aliphatic heterocycles. The lowest BCUT2D eigenvalue weighted by atomic mass is 10.4. The Kier molecular flexibility index (Phi) is 17.7. The molecule has 0 spiro atoms. The molecule has 17 nitrogen and oxygen atoms in total. The minimum atomic E-state index is -1.17. The SMILES string of the molecule is C/C(CN)=N\OCC(=O)NC/C(C)=N/OCC(=O)NC/C(C)=N/OCC(=O)NC/C(C)=N/OCC(=O)O. The largest absolute Gasteiger partial charge is 0.479 e. The molecule has 3 amide bonds. The van der Waals surface area contributed by atoms with Crippen LogP contribution in [0.2, 0.25) is 0 Å². The molecule has 0 heterocycles. The zero-order valence-corrected chi connectivity index (χ0v) is 21.2. The number of rotatable bonds is 19. The Morgan fingerprint density at radius 2 is 0.892 bits per heavy atom. The molecule has 0 atom stereocenters. The summed E-state index contributed by atoms with van der Waals surface area (Å²) in [6, 6.07) is 0. The molecule has 17 heteroatoms. The summed E-state index contributed by atoms with van der Waals surface area (Å²) in [4.78, 5) is 64.6. The molecule has 208 valence electrons. The number of carboxylic acids is 1. The third kappa shape index (κ3) is 20.8. The third-order valence-electron chi connectivity index (χ3n) is 3.58. The number of aliphatic carboxylic acids is 1. The summed E-state index contributed by atoms with van der Waals surface area (Å²) in [6.45, 7) is 5.17. The molecular formula is C20H34N8O9. The van der Waals surface area contributed by atoms with Gasteiger partial charge in [-0.3, -0.25) is 14.4 Å². The van der Waals surface area contributed by atoms with Crippen molar-refractivity contribution in [2.75, 3.05) is 52.6 Å². The van der Waals surface area contributed by atoms with Gasteiger partial charge in [-0.1, -0.05) is 20.6 Å². The van der Waals surface area contributed by atoms with Crippen LogP contribution in [0.15, 0.2) is 20.6 Å². The van der Waals surface area contributed by atoms with Crippen molar-refractivity contribution in [3.05, 3.63) is 0 Å². The summed E-state index contributed by atoms with van der Waals surface area (Å²) in [5.74, 6) is -2.55. The molecule has 0 bridgehead atoms. The van der Waals surface area contributed by atoms with Crippen LogP contribution in [0.25, 0.3) is 0 Å². The zero-order chi connectivity index (χ0) is 28.1. The monoisotopic (exact) mass is 530 g/mol. The highest BCUT2D eigenvalue weighted by Gasteiger charge is 2.06. The number of carbonyl (C=O) groups is 4. The number of nitrogens with zero attached hydrogens (tertiary/aromatic N) is 4. The molecule has 0 rings (SSSR count). The Labute approximate surface area is 213 Å². The van der Waals surface area contributed by atoms with Crippen LogP contribution < -0.4 is 21.7 Å². The Balaban J connectivity index is 4.05. The Hall–Kier alpha value is -4.28. The molecule has 0 saturated carbocycles. The van der Waals surface area contributed by atoms with E-state index in [-0.39, 0.29) is 46.0 Å². The van der Waals surface area contributed by atoms with Gasteiger partial charge in [-0.05, 0) is 27.7 Å². The van der Waals surface area contributed by atoms with Crippen LogP contribution in [0.1, 0.15) is 27.7 Å². The molecule has 0 fully saturated rings. The number of hydrogen-bond acceptors (Lipinski definition) is 13. The van der Waals surface area contributed by atoms with Crippen LogP contribution in [0.4, 0.5) is 0 Å². The Morgan fingerprint density at radius 3 is 1.19 bits per heavy atom. The van der Waals surface area contributed by atoms with Crippen LogP contribution in [-0.2, 0) is 38.5 Å². The summed E-state index contributed by atoms with van der Waals surface area (Å²) < 4.78 is 0. The number of nitrogens with two attached hydrogens (primary N) is 1. The van der Waals surface area contributed by atoms with E-state index in [1.54, 1.807) is 27.7 Å². The van der Waals surface area contributed by atoms with Gasteiger partial charge in [-0.2, -0.15) is 0 Å². The number of carbonyl (C=O) groups excluding carboxylic acids is 3. The lowest BCUT2D eigenvalue weighted by molar-refractivity contribution is -0.142. The second-order valence-electron chi connectivity index (χ2n) is 7.33. The van der Waals surface area contributed by atoms with Gasteiger partial charge in [0.05, 0.1) is 42.5 Å². The number of hydrogen-bond donors (Lipinski definition) is 5. The topological polar surface area (TPSA) is 237 Å². The van der Waals surface area contributed by atoms with Gasteiger partial charge in [0.2, 0.25) is 6.61 Å². The van der Waals surface area contributed by atoms with Gasteiger partial charge in [0, 0.05) is 6.54 Å². The van der Waals surface area contributed by atoms with E-state index in [9.17, 15) is 19.2 Å². The smallest absolute Gasteiger partial charge is 0.344 e. The molecule has 0 aliphatic rings. The van der Waals surface area contributed by atoms with Crippen molar-refractivity contribution in [2.24, 2.45) is 26.4 Å². The van der Waals surface area contributed by atoms with Crippen LogP contribution in [0.3, 0.4) is 0 Å². The van der Waals surface area contributed by atoms with Crippen molar-refractivity contribution in [3.63, 3.8) is 0 Å². The van der Waals surface area contributed by atoms with Crippen LogP contribution in [-0.4, -0.2) is 104 Å². The Morgan fingerprint density at radius 1 is 0.595 bits per heavy atom. The minimum absolute atomic E-state index is 0.0351. The summed E-state index contributed by atoms with van der Waals surface area (Å²) in [7, 11) is 0. The predicted octanol–water partition coefficient (Wildman–Crippen LogP) is -2.05. The maximum atomic E-state index is 11.8. The fourth-order valence-electron chi connectivity index (χ4n) is 1.77. The summed E-state index contributed by atoms with van der Waals surface area (Å²) in [5, 5.41) is 30.6. The molecule has 0 aromatic carbocycles. The third-order valence-corrected chi connectivity index (χ3v) is 3.58. The maximum Gasteiger partial charge on any atom is 0.344 e. The molecule has 0 radical (unpaired) electrons. The number of carboxylic acid groups (broad SMARTS) is 1. The highest BCUT2D eigenvalue weighted by atomic mass is 16.6. The van der Waals surface area contributed by atoms with E-state index in [2.05, 4.69) is 41.4 Å². The van der Waals surface area contributed by atoms with E-state index in [4.69, 9.17) is 25.4 Å². The predicted molar refractivity (Wildman–Crippen MR) is 132 cm³/mol. The lowest BCUT2D eigenvalue weighted by Crippen LogP contribution is -2.33. The minimum Gasteiger partial charge on any atom is -0.479 e. The summed E-state index contributed by atoms with van der Waals surface area (Å²) in [6.07, 6.45) is 0. The highest BCUT2D eigenvalue weighted by Crippen LogP contribution is 1.86. The fourth-order valence-corrected chi connectivity index (χ4v) is 1.77. The van der Waals surface area contributed by atoms with E-state index < -0.39 is 30.3 Å². The summed E-state index contributed by atoms with van der Waals surface area (Å²) >= 11 is 0. The van der Waals surface area contributed by atoms with Gasteiger partial charge < -0.3 is 46.1 Å². The van der Waals surface area contributed by atoms with Crippen molar-refractivity contribution < 1.29 is 43.6 Å². The maximum absolute atomic E-state index is 11.8. The number of amides is 3. The van der Waals surface area contributed by atoms with Crippen molar-refractivity contribution in [1.29, 1.82) is 0 Å². The zero-order valence-electron chi connectivity index (χ0n) is 21.2. The van der Waals surface area contributed by atoms with Gasteiger partial charge in [0.1, 0.15) is 0 Å². The van der Waals surface area contributed by atoms with Crippen molar-refractivity contribution in [1.82, 2.24) is 16.0 Å². The van der Waals surface area contributed by atoms with Crippen LogP contribution in [0, 0.1) is 0 Å². The molecular weight excluding hydrogens is 496 g/mol. The molecule has 0 aliphatic carbocycles. The van der Waals surface area contributed by atoms with E-state index in [1.165, 1.54) is 0 Å². The standard InChI is InChI=1S/C20H34N8O9/c1-13(5-21)25-34-9-17(29)22-6-14(2)26-35-10-18(30)23-7-15(3)27-36-11-19(31)24-8-16(4)28-37-12-20(32)33/h5-12,21H2,1-4H3,(H,22,29)(H,23,30)(H,24,31)(H,32,33)/b25-13+,26-14+,27-15+,28-16+. The first-order chi connectivity index (χ1) is 17.5. The number of oxime groups is 4. The normalized spacial score (nSPS) is 12.4. The van der Waals surface area contributed by atoms with Crippen molar-refractivity contribution in [2.45, 2.75) is 27.7 Å². The van der Waals surface area contributed by atoms with E-state index in [1.807, 2.05) is 0 Å². The number of nitrogens with one attached hydrogen (secondary N) is 3. The molecule has 37 heavy (non-hydrogen) atoms. The van der Waals surface area contributed by atoms with E-state index >= 15 is 0 Å². The van der Waals surface area contributed by atoms with Gasteiger partial charge in [0.15, 0.2) is 19.8 Å².